The fourth-order valence-corrected chi connectivity index (χ4v) is 6.87. The Morgan fingerprint density at radius 2 is 1.73 bits per heavy atom. The molecular weight excluding hydrogens is 491 g/mol. The van der Waals surface area contributed by atoms with E-state index in [9.17, 15) is 17.6 Å². The number of piperazine rings is 1. The van der Waals surface area contributed by atoms with Crippen LogP contribution in [0.25, 0.3) is 17.0 Å². The van der Waals surface area contributed by atoms with E-state index >= 15 is 0 Å². The molecule has 0 atom stereocenters. The van der Waals surface area contributed by atoms with Gasteiger partial charge in [-0.25, -0.2) is 12.8 Å². The number of rotatable bonds is 3. The molecule has 0 unspecified atom stereocenters. The highest BCUT2D eigenvalue weighted by Gasteiger charge is 2.39. The minimum atomic E-state index is -3.30. The number of fused-ring (bicyclic) bond motifs is 3. The monoisotopic (exact) mass is 520 g/mol. The highest BCUT2D eigenvalue weighted by Crippen LogP contribution is 2.45. The number of aromatic nitrogens is 1. The van der Waals surface area contributed by atoms with Crippen molar-refractivity contribution in [3.8, 4) is 0 Å². The number of amides is 1. The molecule has 37 heavy (non-hydrogen) atoms. The van der Waals surface area contributed by atoms with Gasteiger partial charge in [-0.3, -0.25) is 9.78 Å². The highest BCUT2D eigenvalue weighted by atomic mass is 32.2. The van der Waals surface area contributed by atoms with E-state index in [1.165, 1.54) is 33.8 Å². The van der Waals surface area contributed by atoms with Gasteiger partial charge >= 0.3 is 0 Å². The number of allylic oxidation sites excluding steroid dienone is 1. The van der Waals surface area contributed by atoms with Crippen molar-refractivity contribution in [1.29, 1.82) is 0 Å². The number of piperidine rings is 1. The molecule has 0 radical (unpaired) electrons. The molecule has 3 heterocycles. The Hall–Kier alpha value is -3.30. The van der Waals surface area contributed by atoms with Crippen molar-refractivity contribution in [2.24, 2.45) is 0 Å². The molecule has 3 aromatic rings. The molecule has 2 saturated heterocycles. The van der Waals surface area contributed by atoms with Crippen LogP contribution in [0.3, 0.4) is 0 Å². The summed E-state index contributed by atoms with van der Waals surface area (Å²) in [5.41, 5.74) is 4.38. The van der Waals surface area contributed by atoms with Crippen molar-refractivity contribution >= 4 is 38.6 Å². The highest BCUT2D eigenvalue weighted by molar-refractivity contribution is 7.88. The van der Waals surface area contributed by atoms with Gasteiger partial charge in [-0.1, -0.05) is 36.4 Å². The number of pyridine rings is 1. The summed E-state index contributed by atoms with van der Waals surface area (Å²) in [6.07, 6.45) is 9.07. The third kappa shape index (κ3) is 4.20. The molecule has 2 aliphatic heterocycles. The first-order chi connectivity index (χ1) is 17.7. The van der Waals surface area contributed by atoms with Gasteiger partial charge in [0.2, 0.25) is 10.0 Å². The summed E-state index contributed by atoms with van der Waals surface area (Å²) in [4.78, 5) is 22.1. The molecule has 0 N–H and O–H groups in total. The summed E-state index contributed by atoms with van der Waals surface area (Å²) < 4.78 is 39.7. The first-order valence-corrected chi connectivity index (χ1v) is 14.5. The van der Waals surface area contributed by atoms with E-state index in [0.717, 1.165) is 25.9 Å². The molecule has 0 bridgehead atoms. The zero-order chi connectivity index (χ0) is 25.8. The minimum Gasteiger partial charge on any atom is -0.370 e. The molecule has 1 aromatic heterocycles. The lowest BCUT2D eigenvalue weighted by molar-refractivity contribution is 0.0698. The van der Waals surface area contributed by atoms with Gasteiger partial charge in [0.05, 0.1) is 23.0 Å². The number of carbonyl (C=O) groups is 1. The van der Waals surface area contributed by atoms with E-state index in [1.54, 1.807) is 17.2 Å². The van der Waals surface area contributed by atoms with E-state index in [1.807, 2.05) is 0 Å². The van der Waals surface area contributed by atoms with E-state index in [0.29, 0.717) is 35.2 Å². The number of sulfonamides is 1. The smallest absolute Gasteiger partial charge is 0.257 e. The van der Waals surface area contributed by atoms with Crippen LogP contribution in [0.1, 0.15) is 34.3 Å². The van der Waals surface area contributed by atoms with Crippen LogP contribution >= 0.6 is 0 Å². The Balaban J connectivity index is 1.33. The van der Waals surface area contributed by atoms with Crippen LogP contribution < -0.4 is 4.90 Å². The molecule has 3 aliphatic rings. The third-order valence-corrected chi connectivity index (χ3v) is 9.38. The van der Waals surface area contributed by atoms with Crippen LogP contribution in [0, 0.1) is 5.82 Å². The lowest BCUT2D eigenvalue weighted by Crippen LogP contribution is -2.50. The van der Waals surface area contributed by atoms with Crippen LogP contribution in [-0.4, -0.2) is 74.0 Å². The van der Waals surface area contributed by atoms with E-state index in [4.69, 9.17) is 0 Å². The zero-order valence-corrected chi connectivity index (χ0v) is 21.5. The predicted molar refractivity (Wildman–Crippen MR) is 143 cm³/mol. The molecule has 0 saturated carbocycles. The quantitative estimate of drug-likeness (QED) is 0.527. The second kappa shape index (κ2) is 8.92. The predicted octanol–water partition coefficient (Wildman–Crippen LogP) is 3.66. The summed E-state index contributed by atoms with van der Waals surface area (Å²) in [5.74, 6) is -0.573. The molecule has 1 aliphatic carbocycles. The number of carbonyl (C=O) groups excluding carboxylic acids is 1. The van der Waals surface area contributed by atoms with Gasteiger partial charge in [0.25, 0.3) is 5.91 Å². The summed E-state index contributed by atoms with van der Waals surface area (Å²) in [6.45, 7) is 2.56. The maximum absolute atomic E-state index is 14.4. The third-order valence-electron chi connectivity index (χ3n) is 8.08. The topological polar surface area (TPSA) is 73.8 Å². The van der Waals surface area contributed by atoms with Gasteiger partial charge in [-0.15, -0.1) is 0 Å². The largest absolute Gasteiger partial charge is 0.370 e. The van der Waals surface area contributed by atoms with Crippen molar-refractivity contribution in [2.75, 3.05) is 50.4 Å². The molecule has 2 aromatic carbocycles. The molecular formula is C28H29FN4O3S. The van der Waals surface area contributed by atoms with Crippen molar-refractivity contribution in [3.05, 3.63) is 77.2 Å². The second-order valence-corrected chi connectivity index (χ2v) is 12.2. The van der Waals surface area contributed by atoms with Gasteiger partial charge in [-0.2, -0.15) is 4.31 Å². The molecule has 6 rings (SSSR count). The SMILES string of the molecule is CS(=O)(=O)N1CCN(C(=O)c2cnc3ccc(F)cc3c2N2CCC3(C=Cc4ccccc43)CC2)CC1. The van der Waals surface area contributed by atoms with Crippen LogP contribution in [0.15, 0.2) is 54.7 Å². The Morgan fingerprint density at radius 1 is 1.00 bits per heavy atom. The maximum Gasteiger partial charge on any atom is 0.257 e. The van der Waals surface area contributed by atoms with Gasteiger partial charge in [0, 0.05) is 56.3 Å². The molecule has 9 heteroatoms. The summed E-state index contributed by atoms with van der Waals surface area (Å²) in [5, 5.41) is 0.624. The van der Waals surface area contributed by atoms with Crippen LogP contribution in [0.5, 0.6) is 0 Å². The number of anilines is 1. The lowest BCUT2D eigenvalue weighted by Gasteiger charge is -2.41. The Kier molecular flexibility index (Phi) is 5.80. The van der Waals surface area contributed by atoms with Gasteiger partial charge < -0.3 is 9.80 Å². The number of halogens is 1. The van der Waals surface area contributed by atoms with E-state index < -0.39 is 10.0 Å². The van der Waals surface area contributed by atoms with Crippen LogP contribution in [0.2, 0.25) is 0 Å². The van der Waals surface area contributed by atoms with Crippen molar-refractivity contribution in [3.63, 3.8) is 0 Å². The molecule has 192 valence electrons. The molecule has 1 amide bonds. The Labute approximate surface area is 216 Å². The van der Waals surface area contributed by atoms with E-state index in [2.05, 4.69) is 46.3 Å². The lowest BCUT2D eigenvalue weighted by atomic mass is 9.74. The number of hydrogen-bond donors (Lipinski definition) is 0. The average Bonchev–Trinajstić information content (AvgIpc) is 3.26. The van der Waals surface area contributed by atoms with Crippen LogP contribution in [0.4, 0.5) is 10.1 Å². The minimum absolute atomic E-state index is 0.0205. The normalized spacial score (nSPS) is 19.5. The van der Waals surface area contributed by atoms with Gasteiger partial charge in [0.1, 0.15) is 5.82 Å². The van der Waals surface area contributed by atoms with E-state index in [-0.39, 0.29) is 30.2 Å². The number of benzene rings is 2. The van der Waals surface area contributed by atoms with Crippen molar-refractivity contribution < 1.29 is 17.6 Å². The molecule has 2 fully saturated rings. The Morgan fingerprint density at radius 3 is 2.46 bits per heavy atom. The molecule has 1 spiro atoms. The number of nitrogens with zero attached hydrogens (tertiary/aromatic N) is 4. The molecule has 7 nitrogen and oxygen atoms in total. The fourth-order valence-electron chi connectivity index (χ4n) is 6.04. The van der Waals surface area contributed by atoms with Gasteiger partial charge in [-0.05, 0) is 42.2 Å². The van der Waals surface area contributed by atoms with Crippen molar-refractivity contribution in [2.45, 2.75) is 18.3 Å². The van der Waals surface area contributed by atoms with Gasteiger partial charge in [0.15, 0.2) is 0 Å². The second-order valence-electron chi connectivity index (χ2n) is 10.2. The fraction of sp³-hybridized carbons (Fsp3) is 0.357. The standard InChI is InChI=1S/C28H29FN4O3S/c1-37(35,36)33-16-14-32(15-17-33)27(34)23-19-30-25-7-6-21(29)18-22(25)26(23)31-12-10-28(11-13-31)9-8-20-4-2-3-5-24(20)28/h2-9,18-19H,10-17H2,1H3. The first-order valence-electron chi connectivity index (χ1n) is 12.6. The van der Waals surface area contributed by atoms with Crippen molar-refractivity contribution in [1.82, 2.24) is 14.2 Å². The Bertz CT molecular complexity index is 1520. The summed E-state index contributed by atoms with van der Waals surface area (Å²) >= 11 is 0. The summed E-state index contributed by atoms with van der Waals surface area (Å²) in [7, 11) is -3.30. The van der Waals surface area contributed by atoms with Crippen LogP contribution in [-0.2, 0) is 15.4 Å². The summed E-state index contributed by atoms with van der Waals surface area (Å²) in [6, 6.07) is 13.0. The number of hydrogen-bond acceptors (Lipinski definition) is 5. The zero-order valence-electron chi connectivity index (χ0n) is 20.7. The average molecular weight is 521 g/mol. The maximum atomic E-state index is 14.4. The first kappa shape index (κ1) is 24.1.